The van der Waals surface area contributed by atoms with E-state index in [1.54, 1.807) is 40.7 Å². The van der Waals surface area contributed by atoms with Crippen molar-refractivity contribution >= 4 is 11.8 Å². The maximum Gasteiger partial charge on any atom is 0.274 e. The van der Waals surface area contributed by atoms with Crippen LogP contribution in [0.3, 0.4) is 0 Å². The summed E-state index contributed by atoms with van der Waals surface area (Å²) in [6.07, 6.45) is 1.32. The smallest absolute Gasteiger partial charge is 0.274 e. The lowest BCUT2D eigenvalue weighted by atomic mass is 9.96. The summed E-state index contributed by atoms with van der Waals surface area (Å²) in [7, 11) is 0. The number of carbonyl (C=O) groups excluding carboxylic acids is 2. The molecule has 0 saturated carbocycles. The van der Waals surface area contributed by atoms with Crippen molar-refractivity contribution in [2.45, 2.75) is 25.4 Å². The van der Waals surface area contributed by atoms with Gasteiger partial charge in [0.25, 0.3) is 5.91 Å². The summed E-state index contributed by atoms with van der Waals surface area (Å²) in [4.78, 5) is 27.0. The first-order valence-corrected chi connectivity index (χ1v) is 9.90. The second-order valence-electron chi connectivity index (χ2n) is 7.49. The molecule has 0 radical (unpaired) electrons. The van der Waals surface area contributed by atoms with Gasteiger partial charge in [-0.05, 0) is 42.7 Å². The number of halogens is 1. The van der Waals surface area contributed by atoms with E-state index in [4.69, 9.17) is 14.7 Å². The van der Waals surface area contributed by atoms with Crippen molar-refractivity contribution in [2.75, 3.05) is 19.8 Å². The highest BCUT2D eigenvalue weighted by molar-refractivity contribution is 5.93. The van der Waals surface area contributed by atoms with Gasteiger partial charge in [-0.25, -0.2) is 9.87 Å². The normalized spacial score (nSPS) is 19.4. The molecule has 0 aliphatic carbocycles. The molecule has 4 rings (SSSR count). The van der Waals surface area contributed by atoms with Crippen molar-refractivity contribution in [1.82, 2.24) is 10.4 Å². The van der Waals surface area contributed by atoms with Gasteiger partial charge in [0.05, 0.1) is 12.6 Å². The van der Waals surface area contributed by atoms with Gasteiger partial charge >= 0.3 is 0 Å². The van der Waals surface area contributed by atoms with E-state index in [1.807, 2.05) is 0 Å². The summed E-state index contributed by atoms with van der Waals surface area (Å²) in [5, 5.41) is 8.89. The van der Waals surface area contributed by atoms with Crippen molar-refractivity contribution < 1.29 is 28.7 Å². The van der Waals surface area contributed by atoms with Crippen LogP contribution in [0.4, 0.5) is 4.39 Å². The molecule has 2 aliphatic heterocycles. The van der Waals surface area contributed by atoms with Crippen molar-refractivity contribution in [3.63, 3.8) is 0 Å². The Morgan fingerprint density at radius 2 is 1.83 bits per heavy atom. The van der Waals surface area contributed by atoms with Crippen molar-refractivity contribution in [3.8, 4) is 5.75 Å². The maximum absolute atomic E-state index is 13.5. The van der Waals surface area contributed by atoms with Crippen molar-refractivity contribution in [1.29, 1.82) is 0 Å². The third kappa shape index (κ3) is 4.15. The Hall–Kier alpha value is -2.97. The van der Waals surface area contributed by atoms with Gasteiger partial charge in [0.1, 0.15) is 18.2 Å². The Bertz CT molecular complexity index is 928. The van der Waals surface area contributed by atoms with Crippen LogP contribution in [0.5, 0.6) is 5.75 Å². The first kappa shape index (κ1) is 20.3. The number of amides is 2. The molecule has 8 heteroatoms. The standard InChI is InChI=1S/C22H23FN2O5/c23-18-5-3-14(4-6-18)19-13-30-20-11-16(21(26)24-28)1-2-17(20)12-25(19)22(27)15-7-9-29-10-8-15/h1-6,11,15,19,28H,7-10,12-13H2,(H,24,26). The highest BCUT2D eigenvalue weighted by Gasteiger charge is 2.34. The summed E-state index contributed by atoms with van der Waals surface area (Å²) in [5.74, 6) is -0.635. The summed E-state index contributed by atoms with van der Waals surface area (Å²) in [5.41, 5.74) is 3.39. The molecule has 2 aromatic rings. The highest BCUT2D eigenvalue weighted by atomic mass is 19.1. The van der Waals surface area contributed by atoms with E-state index in [9.17, 15) is 14.0 Å². The number of carbonyl (C=O) groups is 2. The number of hydrogen-bond donors (Lipinski definition) is 2. The Kier molecular flexibility index (Phi) is 5.96. The number of ether oxygens (including phenoxy) is 2. The van der Waals surface area contributed by atoms with Crippen LogP contribution in [-0.4, -0.2) is 41.7 Å². The molecule has 1 atom stereocenters. The predicted molar refractivity (Wildman–Crippen MR) is 104 cm³/mol. The van der Waals surface area contributed by atoms with Gasteiger partial charge in [-0.2, -0.15) is 0 Å². The molecule has 1 fully saturated rings. The monoisotopic (exact) mass is 414 g/mol. The van der Waals surface area contributed by atoms with Crippen LogP contribution < -0.4 is 10.2 Å². The molecule has 0 aromatic heterocycles. The first-order valence-electron chi connectivity index (χ1n) is 9.90. The van der Waals surface area contributed by atoms with Crippen LogP contribution in [0.15, 0.2) is 42.5 Å². The van der Waals surface area contributed by atoms with Crippen LogP contribution in [0.25, 0.3) is 0 Å². The van der Waals surface area contributed by atoms with Crippen molar-refractivity contribution in [3.05, 3.63) is 65.0 Å². The molecule has 2 amide bonds. The SMILES string of the molecule is O=C(NO)c1ccc2c(c1)OCC(c1ccc(F)cc1)N(C(=O)C1CCOCC1)C2. The first-order chi connectivity index (χ1) is 14.6. The summed E-state index contributed by atoms with van der Waals surface area (Å²) < 4.78 is 24.8. The van der Waals surface area contributed by atoms with Crippen LogP contribution in [-0.2, 0) is 16.1 Å². The Morgan fingerprint density at radius 3 is 2.53 bits per heavy atom. The molecule has 7 nitrogen and oxygen atoms in total. The number of nitrogens with one attached hydrogen (secondary N) is 1. The van der Waals surface area contributed by atoms with Gasteiger partial charge in [0, 0.05) is 30.3 Å². The van der Waals surface area contributed by atoms with Crippen molar-refractivity contribution in [2.24, 2.45) is 5.92 Å². The number of rotatable bonds is 3. The lowest BCUT2D eigenvalue weighted by Gasteiger charge is -2.34. The zero-order valence-electron chi connectivity index (χ0n) is 16.3. The summed E-state index contributed by atoms with van der Waals surface area (Å²) in [6.45, 7) is 1.57. The lowest BCUT2D eigenvalue weighted by Crippen LogP contribution is -2.41. The van der Waals surface area contributed by atoms with E-state index in [-0.39, 0.29) is 29.8 Å². The maximum atomic E-state index is 13.5. The van der Waals surface area contributed by atoms with Gasteiger partial charge in [-0.15, -0.1) is 0 Å². The second-order valence-corrected chi connectivity index (χ2v) is 7.49. The molecule has 0 bridgehead atoms. The second kappa shape index (κ2) is 8.81. The number of benzene rings is 2. The largest absolute Gasteiger partial charge is 0.491 e. The fourth-order valence-corrected chi connectivity index (χ4v) is 3.95. The fourth-order valence-electron chi connectivity index (χ4n) is 3.95. The van der Waals surface area contributed by atoms with E-state index in [0.29, 0.717) is 38.3 Å². The lowest BCUT2D eigenvalue weighted by molar-refractivity contribution is -0.142. The molecule has 158 valence electrons. The minimum Gasteiger partial charge on any atom is -0.491 e. The predicted octanol–water partition coefficient (Wildman–Crippen LogP) is 2.83. The molecule has 2 aliphatic rings. The zero-order valence-corrected chi connectivity index (χ0v) is 16.3. The van der Waals surface area contributed by atoms with Gasteiger partial charge in [0.2, 0.25) is 5.91 Å². The summed E-state index contributed by atoms with van der Waals surface area (Å²) in [6, 6.07) is 10.5. The van der Waals surface area contributed by atoms with Gasteiger partial charge in [-0.3, -0.25) is 14.8 Å². The topological polar surface area (TPSA) is 88.1 Å². The Balaban J connectivity index is 1.68. The number of fused-ring (bicyclic) bond motifs is 1. The molecule has 2 N–H and O–H groups in total. The number of hydrogen-bond acceptors (Lipinski definition) is 5. The van der Waals surface area contributed by atoms with E-state index in [0.717, 1.165) is 11.1 Å². The van der Waals surface area contributed by atoms with E-state index < -0.39 is 11.9 Å². The quantitative estimate of drug-likeness (QED) is 0.596. The molecule has 1 saturated heterocycles. The van der Waals surface area contributed by atoms with E-state index in [2.05, 4.69) is 0 Å². The molecule has 0 spiro atoms. The highest BCUT2D eigenvalue weighted by Crippen LogP contribution is 2.34. The van der Waals surface area contributed by atoms with E-state index >= 15 is 0 Å². The molecule has 2 heterocycles. The number of hydroxylamine groups is 1. The van der Waals surface area contributed by atoms with Crippen LogP contribution >= 0.6 is 0 Å². The van der Waals surface area contributed by atoms with Gasteiger partial charge in [0.15, 0.2) is 0 Å². The summed E-state index contributed by atoms with van der Waals surface area (Å²) >= 11 is 0. The molecule has 30 heavy (non-hydrogen) atoms. The van der Waals surface area contributed by atoms with Gasteiger partial charge in [-0.1, -0.05) is 18.2 Å². The molecule has 2 aromatic carbocycles. The third-order valence-electron chi connectivity index (χ3n) is 5.65. The zero-order chi connectivity index (χ0) is 21.1. The molecular weight excluding hydrogens is 391 g/mol. The van der Waals surface area contributed by atoms with Crippen LogP contribution in [0.2, 0.25) is 0 Å². The minimum absolute atomic E-state index is 0.0150. The third-order valence-corrected chi connectivity index (χ3v) is 5.65. The fraction of sp³-hybridized carbons (Fsp3) is 0.364. The molecular formula is C22H23FN2O5. The van der Waals surface area contributed by atoms with Crippen LogP contribution in [0.1, 0.15) is 40.4 Å². The molecule has 1 unspecified atom stereocenters. The van der Waals surface area contributed by atoms with Gasteiger partial charge < -0.3 is 14.4 Å². The Labute approximate surface area is 173 Å². The van der Waals surface area contributed by atoms with Crippen LogP contribution in [0, 0.1) is 11.7 Å². The average molecular weight is 414 g/mol. The van der Waals surface area contributed by atoms with E-state index in [1.165, 1.54) is 12.1 Å². The number of nitrogens with zero attached hydrogens (tertiary/aromatic N) is 1. The average Bonchev–Trinajstić information content (AvgIpc) is 2.98. The minimum atomic E-state index is -0.643. The Morgan fingerprint density at radius 1 is 1.10 bits per heavy atom.